The molecule has 0 aliphatic rings. The van der Waals surface area contributed by atoms with Gasteiger partial charge in [-0.3, -0.25) is 14.9 Å². The molecule has 0 saturated heterocycles. The Hall–Kier alpha value is -2.11. The van der Waals surface area contributed by atoms with Gasteiger partial charge in [0.05, 0.1) is 4.92 Å². The molecule has 1 amide bonds. The van der Waals surface area contributed by atoms with Crippen LogP contribution in [0.5, 0.6) is 0 Å². The van der Waals surface area contributed by atoms with Gasteiger partial charge in [-0.25, -0.2) is 0 Å². The molecule has 74 valence electrons. The van der Waals surface area contributed by atoms with Crippen molar-refractivity contribution in [3.05, 3.63) is 40.4 Å². The van der Waals surface area contributed by atoms with Crippen molar-refractivity contribution in [2.45, 2.75) is 6.17 Å². The zero-order chi connectivity index (χ0) is 10.6. The van der Waals surface area contributed by atoms with E-state index in [9.17, 15) is 14.9 Å². The lowest BCUT2D eigenvalue weighted by atomic mass is 10.3. The second kappa shape index (κ2) is 4.22. The van der Waals surface area contributed by atoms with Crippen LogP contribution in [0.2, 0.25) is 0 Å². The molecular formula is C8H9N3O3. The number of nitrogens with zero attached hydrogens (tertiary/aromatic N) is 1. The molecule has 0 bridgehead atoms. The lowest BCUT2D eigenvalue weighted by Gasteiger charge is -2.08. The molecule has 0 aromatic heterocycles. The summed E-state index contributed by atoms with van der Waals surface area (Å²) >= 11 is 0. The highest BCUT2D eigenvalue weighted by Gasteiger charge is 2.26. The summed E-state index contributed by atoms with van der Waals surface area (Å²) in [6.45, 7) is 0. The highest BCUT2D eigenvalue weighted by atomic mass is 16.6. The maximum Gasteiger partial charge on any atom is 0.362 e. The molecule has 0 spiro atoms. The molecule has 1 aromatic carbocycles. The van der Waals surface area contributed by atoms with Gasteiger partial charge < -0.3 is 11.1 Å². The predicted octanol–water partition coefficient (Wildman–Crippen LogP) is 0.187. The lowest BCUT2D eigenvalue weighted by molar-refractivity contribution is -0.500. The zero-order valence-corrected chi connectivity index (χ0v) is 7.21. The van der Waals surface area contributed by atoms with E-state index in [2.05, 4.69) is 5.32 Å². The zero-order valence-electron chi connectivity index (χ0n) is 7.21. The molecule has 6 heteroatoms. The molecule has 0 radical (unpaired) electrons. The minimum atomic E-state index is -1.59. The van der Waals surface area contributed by atoms with Crippen molar-refractivity contribution in [3.63, 3.8) is 0 Å². The predicted molar refractivity (Wildman–Crippen MR) is 50.0 cm³/mol. The number of hydrogen-bond donors (Lipinski definition) is 2. The number of benzene rings is 1. The van der Waals surface area contributed by atoms with Gasteiger partial charge in [-0.2, -0.15) is 0 Å². The number of carbonyl (C=O) groups excluding carboxylic acids is 1. The summed E-state index contributed by atoms with van der Waals surface area (Å²) in [6, 6.07) is 8.37. The Morgan fingerprint density at radius 1 is 1.43 bits per heavy atom. The molecule has 0 aliphatic carbocycles. The van der Waals surface area contributed by atoms with E-state index in [1.807, 2.05) is 0 Å². The summed E-state index contributed by atoms with van der Waals surface area (Å²) in [5.74, 6) is -1.01. The van der Waals surface area contributed by atoms with E-state index < -0.39 is 17.0 Å². The highest BCUT2D eigenvalue weighted by Crippen LogP contribution is 2.06. The molecule has 1 rings (SSSR count). The van der Waals surface area contributed by atoms with E-state index in [1.54, 1.807) is 30.3 Å². The number of nitro groups is 1. The van der Waals surface area contributed by atoms with Crippen LogP contribution in [0.25, 0.3) is 0 Å². The molecule has 1 aromatic rings. The van der Waals surface area contributed by atoms with Crippen LogP contribution in [0.3, 0.4) is 0 Å². The maximum absolute atomic E-state index is 10.7. The van der Waals surface area contributed by atoms with Gasteiger partial charge in [-0.15, -0.1) is 0 Å². The standard InChI is InChI=1S/C8H9N3O3/c9-7(12)8(11(13)14)10-6-4-2-1-3-5-6/h1-5,8,10H,(H2,9,12). The Morgan fingerprint density at radius 2 is 2.00 bits per heavy atom. The van der Waals surface area contributed by atoms with Crippen LogP contribution >= 0.6 is 0 Å². The van der Waals surface area contributed by atoms with Crippen LogP contribution in [0.1, 0.15) is 0 Å². The lowest BCUT2D eigenvalue weighted by Crippen LogP contribution is -2.41. The van der Waals surface area contributed by atoms with Crippen LogP contribution in [0, 0.1) is 10.1 Å². The first kappa shape index (κ1) is 9.97. The van der Waals surface area contributed by atoms with Gasteiger partial charge in [-0.05, 0) is 12.1 Å². The number of primary amides is 1. The number of para-hydroxylation sites is 1. The number of nitrogens with one attached hydrogen (secondary N) is 1. The van der Waals surface area contributed by atoms with Crippen molar-refractivity contribution >= 4 is 11.6 Å². The topological polar surface area (TPSA) is 98.3 Å². The molecule has 1 atom stereocenters. The molecule has 6 nitrogen and oxygen atoms in total. The average molecular weight is 195 g/mol. The number of rotatable bonds is 4. The third-order valence-electron chi connectivity index (χ3n) is 1.56. The Morgan fingerprint density at radius 3 is 2.43 bits per heavy atom. The van der Waals surface area contributed by atoms with E-state index in [0.29, 0.717) is 5.69 Å². The summed E-state index contributed by atoms with van der Waals surface area (Å²) in [7, 11) is 0. The number of amides is 1. The Kier molecular flexibility index (Phi) is 3.01. The summed E-state index contributed by atoms with van der Waals surface area (Å²) in [5, 5.41) is 12.8. The molecule has 1 unspecified atom stereocenters. The quantitative estimate of drug-likeness (QED) is 0.407. The van der Waals surface area contributed by atoms with Crippen molar-refractivity contribution in [2.24, 2.45) is 5.73 Å². The summed E-state index contributed by atoms with van der Waals surface area (Å²) < 4.78 is 0. The first-order chi connectivity index (χ1) is 6.61. The van der Waals surface area contributed by atoms with Crippen LogP contribution in [-0.4, -0.2) is 17.0 Å². The van der Waals surface area contributed by atoms with Crippen LogP contribution in [-0.2, 0) is 4.79 Å². The van der Waals surface area contributed by atoms with Crippen LogP contribution in [0.4, 0.5) is 5.69 Å². The fourth-order valence-electron chi connectivity index (χ4n) is 0.920. The maximum atomic E-state index is 10.7. The van der Waals surface area contributed by atoms with Gasteiger partial charge in [0.2, 0.25) is 0 Å². The minimum absolute atomic E-state index is 0.480. The number of nitrogens with two attached hydrogens (primary N) is 1. The molecule has 0 aliphatic heterocycles. The summed E-state index contributed by atoms with van der Waals surface area (Å²) in [6.07, 6.45) is -1.59. The molecule has 0 fully saturated rings. The van der Waals surface area contributed by atoms with E-state index >= 15 is 0 Å². The van der Waals surface area contributed by atoms with Crippen molar-refractivity contribution in [1.29, 1.82) is 0 Å². The van der Waals surface area contributed by atoms with E-state index in [-0.39, 0.29) is 0 Å². The largest absolute Gasteiger partial charge is 0.362 e. The Bertz CT molecular complexity index is 325. The fourth-order valence-corrected chi connectivity index (χ4v) is 0.920. The third-order valence-corrected chi connectivity index (χ3v) is 1.56. The third kappa shape index (κ3) is 2.44. The summed E-state index contributed by atoms with van der Waals surface area (Å²) in [5.41, 5.74) is 5.32. The van der Waals surface area contributed by atoms with Crippen molar-refractivity contribution in [1.82, 2.24) is 0 Å². The molecule has 0 saturated carbocycles. The van der Waals surface area contributed by atoms with Gasteiger partial charge in [0.1, 0.15) is 0 Å². The first-order valence-electron chi connectivity index (χ1n) is 3.85. The van der Waals surface area contributed by atoms with Gasteiger partial charge in [-0.1, -0.05) is 18.2 Å². The molecular weight excluding hydrogens is 186 g/mol. The van der Waals surface area contributed by atoms with Crippen molar-refractivity contribution < 1.29 is 9.72 Å². The number of anilines is 1. The van der Waals surface area contributed by atoms with Gasteiger partial charge in [0, 0.05) is 5.69 Å². The normalized spacial score (nSPS) is 11.7. The van der Waals surface area contributed by atoms with Gasteiger partial charge in [0.15, 0.2) is 0 Å². The number of carbonyl (C=O) groups is 1. The number of hydrogen-bond acceptors (Lipinski definition) is 4. The first-order valence-corrected chi connectivity index (χ1v) is 3.85. The Labute approximate surface area is 79.9 Å². The molecule has 0 heterocycles. The van der Waals surface area contributed by atoms with E-state index in [0.717, 1.165) is 0 Å². The van der Waals surface area contributed by atoms with Gasteiger partial charge >= 0.3 is 12.1 Å². The monoisotopic (exact) mass is 195 g/mol. The van der Waals surface area contributed by atoms with Crippen LogP contribution in [0.15, 0.2) is 30.3 Å². The molecule has 3 N–H and O–H groups in total. The second-order valence-corrected chi connectivity index (χ2v) is 2.60. The fraction of sp³-hybridized carbons (Fsp3) is 0.125. The smallest absolute Gasteiger partial charge is 0.362 e. The van der Waals surface area contributed by atoms with E-state index in [4.69, 9.17) is 5.73 Å². The van der Waals surface area contributed by atoms with Crippen molar-refractivity contribution in [3.8, 4) is 0 Å². The molecule has 14 heavy (non-hydrogen) atoms. The average Bonchev–Trinajstić information content (AvgIpc) is 2.15. The summed E-state index contributed by atoms with van der Waals surface area (Å²) in [4.78, 5) is 20.3. The SMILES string of the molecule is NC(=O)C(Nc1ccccc1)[N+](=O)[O-]. The van der Waals surface area contributed by atoms with E-state index in [1.165, 1.54) is 0 Å². The highest BCUT2D eigenvalue weighted by molar-refractivity contribution is 5.81. The minimum Gasteiger partial charge on any atom is -0.362 e. The van der Waals surface area contributed by atoms with Crippen LogP contribution < -0.4 is 11.1 Å². The second-order valence-electron chi connectivity index (χ2n) is 2.60. The van der Waals surface area contributed by atoms with Crippen molar-refractivity contribution in [2.75, 3.05) is 5.32 Å². The van der Waals surface area contributed by atoms with Gasteiger partial charge in [0.25, 0.3) is 0 Å². The Balaban J connectivity index is 2.75.